The molecule has 0 radical (unpaired) electrons. The summed E-state index contributed by atoms with van der Waals surface area (Å²) < 4.78 is 15.5. The smallest absolute Gasteiger partial charge is 0.257 e. The second kappa shape index (κ2) is 5.78. The average molecular weight is 336 g/mol. The van der Waals surface area contributed by atoms with Crippen LogP contribution < -0.4 is 11.5 Å². The molecule has 0 atom stereocenters. The molecular formula is C16H13FN8. The highest BCUT2D eigenvalue weighted by molar-refractivity contribution is 5.79. The quantitative estimate of drug-likeness (QED) is 0.581. The molecule has 0 unspecified atom stereocenters. The van der Waals surface area contributed by atoms with Gasteiger partial charge >= 0.3 is 0 Å². The number of halogens is 1. The third-order valence-corrected chi connectivity index (χ3v) is 3.67. The Morgan fingerprint density at radius 2 is 1.72 bits per heavy atom. The van der Waals surface area contributed by atoms with Crippen molar-refractivity contribution in [3.63, 3.8) is 0 Å². The van der Waals surface area contributed by atoms with E-state index in [1.165, 1.54) is 10.7 Å². The van der Waals surface area contributed by atoms with Crippen LogP contribution in [0.3, 0.4) is 0 Å². The number of hydrogen-bond donors (Lipinski definition) is 2. The van der Waals surface area contributed by atoms with Gasteiger partial charge in [0, 0.05) is 12.6 Å². The third-order valence-electron chi connectivity index (χ3n) is 3.67. The Morgan fingerprint density at radius 3 is 2.48 bits per heavy atom. The molecule has 1 aromatic carbocycles. The van der Waals surface area contributed by atoms with E-state index in [1.807, 2.05) is 6.07 Å². The van der Waals surface area contributed by atoms with Crippen LogP contribution in [0.25, 0.3) is 17.0 Å². The summed E-state index contributed by atoms with van der Waals surface area (Å²) in [6, 6.07) is 10.1. The van der Waals surface area contributed by atoms with Gasteiger partial charge in [0.2, 0.25) is 11.9 Å². The first-order valence-corrected chi connectivity index (χ1v) is 7.45. The summed E-state index contributed by atoms with van der Waals surface area (Å²) in [5.74, 6) is -0.131. The second-order valence-corrected chi connectivity index (χ2v) is 5.35. The molecule has 25 heavy (non-hydrogen) atoms. The van der Waals surface area contributed by atoms with Gasteiger partial charge in [0.25, 0.3) is 5.95 Å². The lowest BCUT2D eigenvalue weighted by Crippen LogP contribution is -2.10. The van der Waals surface area contributed by atoms with Gasteiger partial charge < -0.3 is 11.5 Å². The Kier molecular flexibility index (Phi) is 3.46. The molecule has 0 fully saturated rings. The van der Waals surface area contributed by atoms with E-state index in [1.54, 1.807) is 30.5 Å². The van der Waals surface area contributed by atoms with E-state index in [0.717, 1.165) is 0 Å². The maximum Gasteiger partial charge on any atom is 0.257 e. The van der Waals surface area contributed by atoms with Gasteiger partial charge in [0.15, 0.2) is 0 Å². The van der Waals surface area contributed by atoms with Crippen molar-refractivity contribution in [1.29, 1.82) is 0 Å². The molecule has 3 aromatic heterocycles. The van der Waals surface area contributed by atoms with Crippen molar-refractivity contribution in [2.75, 3.05) is 11.5 Å². The van der Waals surface area contributed by atoms with Gasteiger partial charge in [0.1, 0.15) is 11.3 Å². The molecule has 124 valence electrons. The minimum atomic E-state index is -0.296. The first-order chi connectivity index (χ1) is 12.1. The van der Waals surface area contributed by atoms with E-state index in [9.17, 15) is 4.39 Å². The van der Waals surface area contributed by atoms with Gasteiger partial charge in [-0.3, -0.25) is 4.98 Å². The van der Waals surface area contributed by atoms with Gasteiger partial charge in [-0.05, 0) is 23.8 Å². The fourth-order valence-corrected chi connectivity index (χ4v) is 2.60. The molecule has 0 aliphatic heterocycles. The van der Waals surface area contributed by atoms with Gasteiger partial charge in [-0.1, -0.05) is 18.2 Å². The third kappa shape index (κ3) is 2.71. The molecule has 0 spiro atoms. The first kappa shape index (κ1) is 14.9. The Morgan fingerprint density at radius 1 is 0.960 bits per heavy atom. The molecule has 0 aliphatic carbocycles. The van der Waals surface area contributed by atoms with Gasteiger partial charge in [-0.25, -0.2) is 4.39 Å². The molecule has 8 nitrogen and oxygen atoms in total. The van der Waals surface area contributed by atoms with Crippen LogP contribution in [0.4, 0.5) is 16.3 Å². The summed E-state index contributed by atoms with van der Waals surface area (Å²) in [5.41, 5.74) is 13.7. The Bertz CT molecular complexity index is 1050. The number of nitrogens with two attached hydrogens (primary N) is 2. The summed E-state index contributed by atoms with van der Waals surface area (Å²) in [6.45, 7) is 0. The van der Waals surface area contributed by atoms with Gasteiger partial charge in [-0.15, -0.1) is 0 Å². The summed E-state index contributed by atoms with van der Waals surface area (Å²) >= 11 is 0. The minimum Gasteiger partial charge on any atom is -0.368 e. The summed E-state index contributed by atoms with van der Waals surface area (Å²) in [5, 5.41) is 4.50. The van der Waals surface area contributed by atoms with Crippen LogP contribution in [0.5, 0.6) is 0 Å². The summed E-state index contributed by atoms with van der Waals surface area (Å²) in [7, 11) is 0. The zero-order valence-electron chi connectivity index (χ0n) is 13.0. The van der Waals surface area contributed by atoms with Crippen LogP contribution in [0, 0.1) is 5.82 Å². The fourth-order valence-electron chi connectivity index (χ4n) is 2.60. The molecule has 0 aliphatic rings. The number of aromatic nitrogens is 6. The van der Waals surface area contributed by atoms with Crippen molar-refractivity contribution in [1.82, 2.24) is 29.7 Å². The molecule has 0 amide bonds. The first-order valence-electron chi connectivity index (χ1n) is 7.45. The lowest BCUT2D eigenvalue weighted by Gasteiger charge is -2.02. The Balaban J connectivity index is 1.88. The SMILES string of the molecule is Nc1nc(N)nc(-n2nc(Cc3ccccc3F)c3ncccc32)n1. The maximum absolute atomic E-state index is 14.0. The highest BCUT2D eigenvalue weighted by atomic mass is 19.1. The lowest BCUT2D eigenvalue weighted by molar-refractivity contribution is 0.613. The number of nitrogens with zero attached hydrogens (tertiary/aromatic N) is 6. The molecule has 3 heterocycles. The monoisotopic (exact) mass is 336 g/mol. The van der Waals surface area contributed by atoms with Gasteiger partial charge in [-0.2, -0.15) is 24.7 Å². The number of benzene rings is 1. The highest BCUT2D eigenvalue weighted by Crippen LogP contribution is 2.22. The molecule has 0 bridgehead atoms. The van der Waals surface area contributed by atoms with Crippen LogP contribution >= 0.6 is 0 Å². The lowest BCUT2D eigenvalue weighted by atomic mass is 10.1. The summed E-state index contributed by atoms with van der Waals surface area (Å²) in [4.78, 5) is 16.2. The maximum atomic E-state index is 14.0. The van der Waals surface area contributed by atoms with Crippen LogP contribution in [0.1, 0.15) is 11.3 Å². The molecule has 0 saturated heterocycles. The van der Waals surface area contributed by atoms with Gasteiger partial charge in [0.05, 0.1) is 11.2 Å². The number of fused-ring (bicyclic) bond motifs is 1. The predicted octanol–water partition coefficient (Wildman–Crippen LogP) is 1.50. The van der Waals surface area contributed by atoms with E-state index in [2.05, 4.69) is 25.0 Å². The van der Waals surface area contributed by atoms with Crippen molar-refractivity contribution >= 4 is 22.9 Å². The molecule has 9 heteroatoms. The van der Waals surface area contributed by atoms with Crippen molar-refractivity contribution in [3.05, 3.63) is 59.7 Å². The average Bonchev–Trinajstić information content (AvgIpc) is 2.95. The number of nitrogen functional groups attached to an aromatic ring is 2. The largest absolute Gasteiger partial charge is 0.368 e. The van der Waals surface area contributed by atoms with Crippen molar-refractivity contribution in [3.8, 4) is 5.95 Å². The van der Waals surface area contributed by atoms with E-state index in [-0.39, 0.29) is 30.1 Å². The topological polar surface area (TPSA) is 121 Å². The summed E-state index contributed by atoms with van der Waals surface area (Å²) in [6.07, 6.45) is 1.93. The minimum absolute atomic E-state index is 0.00862. The second-order valence-electron chi connectivity index (χ2n) is 5.35. The van der Waals surface area contributed by atoms with Crippen molar-refractivity contribution in [2.45, 2.75) is 6.42 Å². The Labute approximate surface area is 141 Å². The van der Waals surface area contributed by atoms with Crippen LogP contribution in [-0.2, 0) is 6.42 Å². The zero-order chi connectivity index (χ0) is 17.4. The predicted molar refractivity (Wildman–Crippen MR) is 90.3 cm³/mol. The number of hydrogen-bond acceptors (Lipinski definition) is 7. The van der Waals surface area contributed by atoms with E-state index >= 15 is 0 Å². The van der Waals surface area contributed by atoms with E-state index < -0.39 is 0 Å². The molecule has 4 aromatic rings. The Hall–Kier alpha value is -3.62. The van der Waals surface area contributed by atoms with E-state index in [0.29, 0.717) is 22.3 Å². The highest BCUT2D eigenvalue weighted by Gasteiger charge is 2.17. The number of anilines is 2. The number of pyridine rings is 1. The van der Waals surface area contributed by atoms with Crippen molar-refractivity contribution < 1.29 is 4.39 Å². The van der Waals surface area contributed by atoms with Crippen LogP contribution in [0.15, 0.2) is 42.6 Å². The van der Waals surface area contributed by atoms with Crippen LogP contribution in [-0.4, -0.2) is 29.7 Å². The fraction of sp³-hybridized carbons (Fsp3) is 0.0625. The molecular weight excluding hydrogens is 323 g/mol. The molecule has 0 saturated carbocycles. The van der Waals surface area contributed by atoms with Crippen molar-refractivity contribution in [2.24, 2.45) is 0 Å². The standard InChI is InChI=1S/C16H13FN8/c17-10-5-2-1-4-9(10)8-11-13-12(6-3-7-20-13)25(24-11)16-22-14(18)21-15(19)23-16/h1-7H,8H2,(H4,18,19,21,22,23). The zero-order valence-corrected chi connectivity index (χ0v) is 13.0. The normalized spacial score (nSPS) is 11.1. The molecule has 4 N–H and O–H groups in total. The molecule has 4 rings (SSSR count). The number of rotatable bonds is 3. The van der Waals surface area contributed by atoms with Crippen LogP contribution in [0.2, 0.25) is 0 Å². The van der Waals surface area contributed by atoms with E-state index in [4.69, 9.17) is 11.5 Å².